The summed E-state index contributed by atoms with van der Waals surface area (Å²) in [4.78, 5) is 11.0. The quantitative estimate of drug-likeness (QED) is 0.736. The predicted molar refractivity (Wildman–Crippen MR) is 68.0 cm³/mol. The van der Waals surface area contributed by atoms with Gasteiger partial charge < -0.3 is 11.5 Å². The lowest BCUT2D eigenvalue weighted by atomic mass is 10.2. The van der Waals surface area contributed by atoms with Crippen molar-refractivity contribution >= 4 is 15.9 Å². The van der Waals surface area contributed by atoms with E-state index in [4.69, 9.17) is 11.5 Å². The average Bonchev–Trinajstić information content (AvgIpc) is 2.35. The van der Waals surface area contributed by atoms with E-state index in [0.717, 1.165) is 9.87 Å². The summed E-state index contributed by atoms with van der Waals surface area (Å²) >= 11 is 0. The molecule has 0 aromatic heterocycles. The van der Waals surface area contributed by atoms with Gasteiger partial charge in [-0.15, -0.1) is 0 Å². The van der Waals surface area contributed by atoms with E-state index < -0.39 is 15.9 Å². The second-order valence-electron chi connectivity index (χ2n) is 3.75. The molecule has 1 aromatic carbocycles. The molecule has 18 heavy (non-hydrogen) atoms. The highest BCUT2D eigenvalue weighted by Gasteiger charge is 2.24. The van der Waals surface area contributed by atoms with Crippen molar-refractivity contribution in [2.45, 2.75) is 18.4 Å². The van der Waals surface area contributed by atoms with Gasteiger partial charge in [0.25, 0.3) is 0 Å². The maximum atomic E-state index is 12.2. The zero-order valence-electron chi connectivity index (χ0n) is 10.2. The van der Waals surface area contributed by atoms with Crippen molar-refractivity contribution in [3.05, 3.63) is 29.8 Å². The monoisotopic (exact) mass is 271 g/mol. The average molecular weight is 271 g/mol. The SMILES string of the molecule is CCN(CC(N)=O)S(=O)(=O)c1ccc(CN)cc1. The van der Waals surface area contributed by atoms with Crippen molar-refractivity contribution < 1.29 is 13.2 Å². The Morgan fingerprint density at radius 2 is 1.83 bits per heavy atom. The van der Waals surface area contributed by atoms with Crippen LogP contribution in [0.4, 0.5) is 0 Å². The first-order valence-electron chi connectivity index (χ1n) is 5.49. The number of nitrogens with zero attached hydrogens (tertiary/aromatic N) is 1. The van der Waals surface area contributed by atoms with E-state index >= 15 is 0 Å². The van der Waals surface area contributed by atoms with E-state index in [9.17, 15) is 13.2 Å². The van der Waals surface area contributed by atoms with Crippen molar-refractivity contribution in [1.82, 2.24) is 4.31 Å². The number of benzene rings is 1. The van der Waals surface area contributed by atoms with Crippen LogP contribution in [0, 0.1) is 0 Å². The first-order chi connectivity index (χ1) is 8.41. The van der Waals surface area contributed by atoms with E-state index in [-0.39, 0.29) is 18.0 Å². The Morgan fingerprint density at radius 3 is 2.22 bits per heavy atom. The first-order valence-corrected chi connectivity index (χ1v) is 6.93. The summed E-state index contributed by atoms with van der Waals surface area (Å²) < 4.78 is 25.4. The third-order valence-electron chi connectivity index (χ3n) is 2.48. The molecule has 100 valence electrons. The number of likely N-dealkylation sites (N-methyl/N-ethyl adjacent to an activating group) is 1. The van der Waals surface area contributed by atoms with Gasteiger partial charge in [0, 0.05) is 13.1 Å². The van der Waals surface area contributed by atoms with Crippen LogP contribution in [0.1, 0.15) is 12.5 Å². The van der Waals surface area contributed by atoms with Crippen LogP contribution in [0.25, 0.3) is 0 Å². The van der Waals surface area contributed by atoms with Gasteiger partial charge in [0.1, 0.15) is 0 Å². The summed E-state index contributed by atoms with van der Waals surface area (Å²) in [6.07, 6.45) is 0. The third kappa shape index (κ3) is 3.28. The minimum Gasteiger partial charge on any atom is -0.369 e. The summed E-state index contributed by atoms with van der Waals surface area (Å²) in [5.41, 5.74) is 11.3. The molecule has 0 saturated carbocycles. The fraction of sp³-hybridized carbons (Fsp3) is 0.364. The van der Waals surface area contributed by atoms with Crippen molar-refractivity contribution in [3.8, 4) is 0 Å². The van der Waals surface area contributed by atoms with Gasteiger partial charge >= 0.3 is 0 Å². The van der Waals surface area contributed by atoms with E-state index in [2.05, 4.69) is 0 Å². The smallest absolute Gasteiger partial charge is 0.243 e. The topological polar surface area (TPSA) is 106 Å². The lowest BCUT2D eigenvalue weighted by molar-refractivity contribution is -0.118. The number of sulfonamides is 1. The van der Waals surface area contributed by atoms with Crippen molar-refractivity contribution in [1.29, 1.82) is 0 Å². The van der Waals surface area contributed by atoms with Gasteiger partial charge in [-0.2, -0.15) is 4.31 Å². The molecule has 0 bridgehead atoms. The van der Waals surface area contributed by atoms with Crippen LogP contribution in [0.2, 0.25) is 0 Å². The first kappa shape index (κ1) is 14.6. The van der Waals surface area contributed by atoms with E-state index in [1.807, 2.05) is 0 Å². The van der Waals surface area contributed by atoms with Crippen LogP contribution in [0.3, 0.4) is 0 Å². The van der Waals surface area contributed by atoms with Gasteiger partial charge in [0.2, 0.25) is 15.9 Å². The van der Waals surface area contributed by atoms with Crippen LogP contribution in [-0.4, -0.2) is 31.7 Å². The fourth-order valence-corrected chi connectivity index (χ4v) is 2.90. The summed E-state index contributed by atoms with van der Waals surface area (Å²) in [7, 11) is -3.68. The van der Waals surface area contributed by atoms with Crippen LogP contribution >= 0.6 is 0 Å². The second kappa shape index (κ2) is 5.94. The third-order valence-corrected chi connectivity index (χ3v) is 4.42. The molecule has 0 aliphatic rings. The van der Waals surface area contributed by atoms with Crippen molar-refractivity contribution in [2.24, 2.45) is 11.5 Å². The maximum Gasteiger partial charge on any atom is 0.243 e. The molecule has 7 heteroatoms. The molecule has 1 rings (SSSR count). The lowest BCUT2D eigenvalue weighted by Crippen LogP contribution is -2.38. The number of rotatable bonds is 6. The van der Waals surface area contributed by atoms with Gasteiger partial charge in [-0.25, -0.2) is 8.42 Å². The van der Waals surface area contributed by atoms with Crippen molar-refractivity contribution in [2.75, 3.05) is 13.1 Å². The molecule has 0 aliphatic carbocycles. The van der Waals surface area contributed by atoms with E-state index in [1.54, 1.807) is 19.1 Å². The van der Waals surface area contributed by atoms with Gasteiger partial charge in [0.05, 0.1) is 11.4 Å². The summed E-state index contributed by atoms with van der Waals surface area (Å²) in [6, 6.07) is 6.23. The molecule has 0 atom stereocenters. The number of amides is 1. The molecular weight excluding hydrogens is 254 g/mol. The molecule has 0 radical (unpaired) electrons. The molecule has 0 spiro atoms. The highest BCUT2D eigenvalue weighted by molar-refractivity contribution is 7.89. The van der Waals surface area contributed by atoms with Crippen LogP contribution in [-0.2, 0) is 21.4 Å². The number of nitrogens with two attached hydrogens (primary N) is 2. The van der Waals surface area contributed by atoms with Crippen LogP contribution in [0.15, 0.2) is 29.2 Å². The standard InChI is InChI=1S/C11H17N3O3S/c1-2-14(8-11(13)15)18(16,17)10-5-3-9(7-12)4-6-10/h3-6H,2,7-8,12H2,1H3,(H2,13,15). The van der Waals surface area contributed by atoms with Gasteiger partial charge in [-0.05, 0) is 17.7 Å². The Balaban J connectivity index is 3.06. The van der Waals surface area contributed by atoms with Gasteiger partial charge in [0.15, 0.2) is 0 Å². The number of hydrogen-bond acceptors (Lipinski definition) is 4. The largest absolute Gasteiger partial charge is 0.369 e. The number of primary amides is 1. The second-order valence-corrected chi connectivity index (χ2v) is 5.68. The van der Waals surface area contributed by atoms with E-state index in [0.29, 0.717) is 6.54 Å². The molecule has 1 aromatic rings. The molecule has 0 unspecified atom stereocenters. The summed E-state index contributed by atoms with van der Waals surface area (Å²) in [6.45, 7) is 1.86. The zero-order valence-corrected chi connectivity index (χ0v) is 11.0. The van der Waals surface area contributed by atoms with Crippen LogP contribution in [0.5, 0.6) is 0 Å². The number of carbonyl (C=O) groups excluding carboxylic acids is 1. The molecule has 0 aliphatic heterocycles. The van der Waals surface area contributed by atoms with Gasteiger partial charge in [-0.3, -0.25) is 4.79 Å². The fourth-order valence-electron chi connectivity index (χ4n) is 1.49. The van der Waals surface area contributed by atoms with Gasteiger partial charge in [-0.1, -0.05) is 19.1 Å². The number of carbonyl (C=O) groups is 1. The molecule has 0 heterocycles. The van der Waals surface area contributed by atoms with Crippen LogP contribution < -0.4 is 11.5 Å². The Bertz CT molecular complexity index is 511. The summed E-state index contributed by atoms with van der Waals surface area (Å²) in [5.74, 6) is -0.681. The minimum atomic E-state index is -3.68. The minimum absolute atomic E-state index is 0.128. The maximum absolute atomic E-state index is 12.2. The molecule has 0 saturated heterocycles. The zero-order chi connectivity index (χ0) is 13.8. The highest BCUT2D eigenvalue weighted by Crippen LogP contribution is 2.15. The highest BCUT2D eigenvalue weighted by atomic mass is 32.2. The lowest BCUT2D eigenvalue weighted by Gasteiger charge is -2.18. The molecule has 6 nitrogen and oxygen atoms in total. The Kier molecular flexibility index (Phi) is 4.83. The molecule has 1 amide bonds. The normalized spacial score (nSPS) is 11.7. The Labute approximate surface area is 107 Å². The van der Waals surface area contributed by atoms with Crippen molar-refractivity contribution in [3.63, 3.8) is 0 Å². The molecular formula is C11H17N3O3S. The number of hydrogen-bond donors (Lipinski definition) is 2. The Hall–Kier alpha value is -1.44. The van der Waals surface area contributed by atoms with E-state index in [1.165, 1.54) is 12.1 Å². The Morgan fingerprint density at radius 1 is 1.28 bits per heavy atom. The molecule has 4 N–H and O–H groups in total. The molecule has 0 fully saturated rings. The predicted octanol–water partition coefficient (Wildman–Crippen LogP) is -0.359. The summed E-state index contributed by atoms with van der Waals surface area (Å²) in [5, 5.41) is 0.